The number of nitrogens with zero attached hydrogens (tertiary/aromatic N) is 1. The molecule has 0 bridgehead atoms. The fourth-order valence-corrected chi connectivity index (χ4v) is 2.14. The first-order chi connectivity index (χ1) is 9.60. The summed E-state index contributed by atoms with van der Waals surface area (Å²) >= 11 is 0. The van der Waals surface area contributed by atoms with Crippen LogP contribution in [0.3, 0.4) is 0 Å². The summed E-state index contributed by atoms with van der Waals surface area (Å²) in [5, 5.41) is 5.40. The lowest BCUT2D eigenvalue weighted by Crippen LogP contribution is -2.39. The van der Waals surface area contributed by atoms with Gasteiger partial charge in [0.05, 0.1) is 6.54 Å². The lowest BCUT2D eigenvalue weighted by atomic mass is 10.1. The van der Waals surface area contributed by atoms with E-state index in [1.54, 1.807) is 0 Å². The molecule has 0 fully saturated rings. The van der Waals surface area contributed by atoms with Crippen LogP contribution < -0.4 is 10.2 Å². The molecule has 0 heterocycles. The van der Waals surface area contributed by atoms with Crippen molar-refractivity contribution in [2.45, 2.75) is 26.3 Å². The van der Waals surface area contributed by atoms with Crippen molar-refractivity contribution in [3.05, 3.63) is 42.5 Å². The van der Waals surface area contributed by atoms with Crippen molar-refractivity contribution in [2.75, 3.05) is 18.5 Å². The van der Waals surface area contributed by atoms with Crippen LogP contribution in [0.2, 0.25) is 0 Å². The molecule has 2 rings (SSSR count). The van der Waals surface area contributed by atoms with Crippen molar-refractivity contribution in [2.24, 2.45) is 0 Å². The number of fused-ring (bicyclic) bond motifs is 1. The molecule has 0 aliphatic rings. The van der Waals surface area contributed by atoms with Gasteiger partial charge in [0.2, 0.25) is 5.91 Å². The summed E-state index contributed by atoms with van der Waals surface area (Å²) in [4.78, 5) is 13.9. The molecule has 0 unspecified atom stereocenters. The molecule has 1 atom stereocenters. The van der Waals surface area contributed by atoms with Gasteiger partial charge < -0.3 is 10.2 Å². The number of likely N-dealkylation sites (N-methyl/N-ethyl adjacent to an activating group) is 1. The van der Waals surface area contributed by atoms with E-state index in [0.717, 1.165) is 12.1 Å². The SMILES string of the molecule is CC[C@H](C)NC(=O)CN(C)c1ccc2ccccc2c1. The fourth-order valence-electron chi connectivity index (χ4n) is 2.14. The lowest BCUT2D eigenvalue weighted by molar-refractivity contribution is -0.120. The van der Waals surface area contributed by atoms with Gasteiger partial charge >= 0.3 is 0 Å². The second-order valence-electron chi connectivity index (χ2n) is 5.26. The lowest BCUT2D eigenvalue weighted by Gasteiger charge is -2.20. The van der Waals surface area contributed by atoms with Crippen molar-refractivity contribution in [1.82, 2.24) is 5.32 Å². The Kier molecular flexibility index (Phi) is 4.61. The van der Waals surface area contributed by atoms with Gasteiger partial charge in [-0.2, -0.15) is 0 Å². The average Bonchev–Trinajstić information content (AvgIpc) is 2.46. The first-order valence-corrected chi connectivity index (χ1v) is 7.09. The van der Waals surface area contributed by atoms with Gasteiger partial charge in [0.15, 0.2) is 0 Å². The van der Waals surface area contributed by atoms with Crippen LogP contribution in [0, 0.1) is 0 Å². The summed E-state index contributed by atoms with van der Waals surface area (Å²) in [5.74, 6) is 0.0648. The number of anilines is 1. The van der Waals surface area contributed by atoms with Gasteiger partial charge in [-0.05, 0) is 36.2 Å². The Labute approximate surface area is 120 Å². The molecule has 3 heteroatoms. The Hall–Kier alpha value is -2.03. The van der Waals surface area contributed by atoms with Gasteiger partial charge in [0, 0.05) is 18.8 Å². The minimum atomic E-state index is 0.0648. The van der Waals surface area contributed by atoms with Crippen molar-refractivity contribution >= 4 is 22.4 Å². The Morgan fingerprint density at radius 2 is 1.90 bits per heavy atom. The highest BCUT2D eigenvalue weighted by Crippen LogP contribution is 2.21. The van der Waals surface area contributed by atoms with E-state index < -0.39 is 0 Å². The molecule has 106 valence electrons. The first-order valence-electron chi connectivity index (χ1n) is 7.09. The summed E-state index contributed by atoms with van der Waals surface area (Å²) in [6.07, 6.45) is 0.950. The van der Waals surface area contributed by atoms with Gasteiger partial charge in [-0.1, -0.05) is 37.3 Å². The molecule has 2 aromatic carbocycles. The van der Waals surface area contributed by atoms with Gasteiger partial charge in [0.25, 0.3) is 0 Å². The molecular formula is C17H22N2O. The van der Waals surface area contributed by atoms with Crippen LogP contribution >= 0.6 is 0 Å². The first kappa shape index (κ1) is 14.4. The van der Waals surface area contributed by atoms with Crippen LogP contribution in [0.4, 0.5) is 5.69 Å². The van der Waals surface area contributed by atoms with Crippen molar-refractivity contribution < 1.29 is 4.79 Å². The molecule has 0 spiro atoms. The van der Waals surface area contributed by atoms with E-state index in [0.29, 0.717) is 6.54 Å². The highest BCUT2D eigenvalue weighted by molar-refractivity contribution is 5.87. The zero-order valence-electron chi connectivity index (χ0n) is 12.4. The van der Waals surface area contributed by atoms with Crippen LogP contribution in [0.1, 0.15) is 20.3 Å². The van der Waals surface area contributed by atoms with E-state index in [4.69, 9.17) is 0 Å². The summed E-state index contributed by atoms with van der Waals surface area (Å²) in [6, 6.07) is 14.7. The number of hydrogen-bond donors (Lipinski definition) is 1. The summed E-state index contributed by atoms with van der Waals surface area (Å²) in [5.41, 5.74) is 1.06. The number of nitrogens with one attached hydrogen (secondary N) is 1. The van der Waals surface area contributed by atoms with Crippen molar-refractivity contribution in [1.29, 1.82) is 0 Å². The third-order valence-corrected chi connectivity index (χ3v) is 3.57. The monoisotopic (exact) mass is 270 g/mol. The maximum Gasteiger partial charge on any atom is 0.239 e. The number of benzene rings is 2. The number of carbonyl (C=O) groups is 1. The minimum absolute atomic E-state index is 0.0648. The fraction of sp³-hybridized carbons (Fsp3) is 0.353. The van der Waals surface area contributed by atoms with Crippen LogP contribution in [0.15, 0.2) is 42.5 Å². The normalized spacial score (nSPS) is 12.2. The maximum absolute atomic E-state index is 11.9. The predicted octanol–water partition coefficient (Wildman–Crippen LogP) is 3.19. The number of hydrogen-bond acceptors (Lipinski definition) is 2. The number of carbonyl (C=O) groups excluding carboxylic acids is 1. The predicted molar refractivity (Wildman–Crippen MR) is 85.1 cm³/mol. The zero-order chi connectivity index (χ0) is 14.5. The second-order valence-corrected chi connectivity index (χ2v) is 5.26. The third kappa shape index (κ3) is 3.50. The molecule has 0 saturated heterocycles. The van der Waals surface area contributed by atoms with Gasteiger partial charge in [-0.15, -0.1) is 0 Å². The topological polar surface area (TPSA) is 32.3 Å². The minimum Gasteiger partial charge on any atom is -0.365 e. The third-order valence-electron chi connectivity index (χ3n) is 3.57. The zero-order valence-corrected chi connectivity index (χ0v) is 12.4. The van der Waals surface area contributed by atoms with E-state index in [2.05, 4.69) is 42.6 Å². The average molecular weight is 270 g/mol. The smallest absolute Gasteiger partial charge is 0.239 e. The van der Waals surface area contributed by atoms with Crippen LogP contribution in [0.25, 0.3) is 10.8 Å². The van der Waals surface area contributed by atoms with Gasteiger partial charge in [-0.3, -0.25) is 4.79 Å². The molecule has 2 aromatic rings. The Morgan fingerprint density at radius 3 is 2.60 bits per heavy atom. The van der Waals surface area contributed by atoms with Crippen molar-refractivity contribution in [3.63, 3.8) is 0 Å². The molecule has 1 N–H and O–H groups in total. The van der Waals surface area contributed by atoms with Gasteiger partial charge in [-0.25, -0.2) is 0 Å². The van der Waals surface area contributed by atoms with Crippen LogP contribution in [-0.2, 0) is 4.79 Å². The molecule has 20 heavy (non-hydrogen) atoms. The van der Waals surface area contributed by atoms with E-state index in [1.807, 2.05) is 31.0 Å². The Bertz CT molecular complexity index is 594. The van der Waals surface area contributed by atoms with Crippen LogP contribution in [0.5, 0.6) is 0 Å². The maximum atomic E-state index is 11.9. The highest BCUT2D eigenvalue weighted by atomic mass is 16.2. The Morgan fingerprint density at radius 1 is 1.20 bits per heavy atom. The number of rotatable bonds is 5. The summed E-state index contributed by atoms with van der Waals surface area (Å²) < 4.78 is 0. The largest absolute Gasteiger partial charge is 0.365 e. The molecule has 3 nitrogen and oxygen atoms in total. The van der Waals surface area contributed by atoms with Gasteiger partial charge in [0.1, 0.15) is 0 Å². The molecule has 0 aliphatic heterocycles. The molecular weight excluding hydrogens is 248 g/mol. The second kappa shape index (κ2) is 6.42. The Balaban J connectivity index is 2.07. The molecule has 0 aliphatic carbocycles. The van der Waals surface area contributed by atoms with E-state index in [9.17, 15) is 4.79 Å². The summed E-state index contributed by atoms with van der Waals surface area (Å²) in [6.45, 7) is 4.47. The molecule has 0 radical (unpaired) electrons. The number of amides is 1. The standard InChI is InChI=1S/C17H22N2O/c1-4-13(2)18-17(20)12-19(3)16-10-9-14-7-5-6-8-15(14)11-16/h5-11,13H,4,12H2,1-3H3,(H,18,20)/t13-/m0/s1. The molecule has 1 amide bonds. The van der Waals surface area contributed by atoms with E-state index in [-0.39, 0.29) is 11.9 Å². The van der Waals surface area contributed by atoms with E-state index >= 15 is 0 Å². The van der Waals surface area contributed by atoms with Crippen LogP contribution in [-0.4, -0.2) is 25.5 Å². The highest BCUT2D eigenvalue weighted by Gasteiger charge is 2.09. The van der Waals surface area contributed by atoms with E-state index in [1.165, 1.54) is 10.8 Å². The molecule has 0 aromatic heterocycles. The quantitative estimate of drug-likeness (QED) is 0.905. The van der Waals surface area contributed by atoms with Crippen molar-refractivity contribution in [3.8, 4) is 0 Å². The summed E-state index contributed by atoms with van der Waals surface area (Å²) in [7, 11) is 1.94. The molecule has 0 saturated carbocycles.